The van der Waals surface area contributed by atoms with E-state index in [-0.39, 0.29) is 0 Å². The second kappa shape index (κ2) is 5.09. The van der Waals surface area contributed by atoms with Gasteiger partial charge in [0.25, 0.3) is 0 Å². The van der Waals surface area contributed by atoms with Gasteiger partial charge in [0, 0.05) is 5.02 Å². The Morgan fingerprint density at radius 1 is 1.41 bits per heavy atom. The van der Waals surface area contributed by atoms with Crippen LogP contribution in [0.3, 0.4) is 0 Å². The Bertz CT molecular complexity index is 422. The fourth-order valence-electron chi connectivity index (χ4n) is 1.84. The van der Waals surface area contributed by atoms with Gasteiger partial charge in [0.05, 0.1) is 5.41 Å². The summed E-state index contributed by atoms with van der Waals surface area (Å²) >= 11 is 5.98. The standard InChI is InChI=1S/C14H19ClO2/c1-9(2)12-6-5-11(15)7-10(12)8-14(3,4)13(16)17/h5-7,9H,8H2,1-4H3,(H,16,17). The Kier molecular flexibility index (Phi) is 4.21. The van der Waals surface area contributed by atoms with Crippen LogP contribution in [0.1, 0.15) is 44.7 Å². The summed E-state index contributed by atoms with van der Waals surface area (Å²) in [6.07, 6.45) is 0.496. The molecule has 0 saturated heterocycles. The van der Waals surface area contributed by atoms with Crippen molar-refractivity contribution < 1.29 is 9.90 Å². The Balaban J connectivity index is 3.12. The van der Waals surface area contributed by atoms with Gasteiger partial charge in [0.1, 0.15) is 0 Å². The highest BCUT2D eigenvalue weighted by atomic mass is 35.5. The van der Waals surface area contributed by atoms with E-state index in [2.05, 4.69) is 13.8 Å². The third-order valence-corrected chi connectivity index (χ3v) is 3.17. The minimum Gasteiger partial charge on any atom is -0.481 e. The Labute approximate surface area is 108 Å². The first-order valence-electron chi connectivity index (χ1n) is 5.76. The van der Waals surface area contributed by atoms with E-state index in [1.165, 1.54) is 5.56 Å². The zero-order chi connectivity index (χ0) is 13.2. The van der Waals surface area contributed by atoms with Gasteiger partial charge in [-0.05, 0) is 49.4 Å². The molecule has 1 aromatic carbocycles. The van der Waals surface area contributed by atoms with E-state index >= 15 is 0 Å². The van der Waals surface area contributed by atoms with Crippen molar-refractivity contribution in [2.45, 2.75) is 40.0 Å². The van der Waals surface area contributed by atoms with E-state index in [1.54, 1.807) is 13.8 Å². The van der Waals surface area contributed by atoms with Crippen LogP contribution in [0.25, 0.3) is 0 Å². The fourth-order valence-corrected chi connectivity index (χ4v) is 2.04. The third kappa shape index (κ3) is 3.47. The second-order valence-electron chi connectivity index (χ2n) is 5.36. The van der Waals surface area contributed by atoms with Gasteiger partial charge in [-0.25, -0.2) is 0 Å². The SMILES string of the molecule is CC(C)c1ccc(Cl)cc1CC(C)(C)C(=O)O. The maximum absolute atomic E-state index is 11.2. The molecule has 0 amide bonds. The average Bonchev–Trinajstić information content (AvgIpc) is 2.15. The number of carboxylic acids is 1. The highest BCUT2D eigenvalue weighted by molar-refractivity contribution is 6.30. The van der Waals surface area contributed by atoms with Crippen LogP contribution in [0.15, 0.2) is 18.2 Å². The van der Waals surface area contributed by atoms with Crippen molar-refractivity contribution in [3.8, 4) is 0 Å². The molecule has 0 radical (unpaired) electrons. The number of rotatable bonds is 4. The molecular weight excluding hydrogens is 236 g/mol. The van der Waals surface area contributed by atoms with Crippen molar-refractivity contribution in [3.63, 3.8) is 0 Å². The second-order valence-corrected chi connectivity index (χ2v) is 5.80. The van der Waals surface area contributed by atoms with E-state index in [0.717, 1.165) is 5.56 Å². The first kappa shape index (κ1) is 14.0. The van der Waals surface area contributed by atoms with Gasteiger partial charge >= 0.3 is 5.97 Å². The summed E-state index contributed by atoms with van der Waals surface area (Å²) < 4.78 is 0. The molecule has 1 aromatic rings. The molecule has 0 aliphatic rings. The molecule has 0 unspecified atom stereocenters. The molecule has 3 heteroatoms. The zero-order valence-electron chi connectivity index (χ0n) is 10.7. The maximum atomic E-state index is 11.2. The van der Waals surface area contributed by atoms with Gasteiger partial charge in [-0.3, -0.25) is 4.79 Å². The lowest BCUT2D eigenvalue weighted by atomic mass is 9.82. The van der Waals surface area contributed by atoms with Crippen LogP contribution in [0.4, 0.5) is 0 Å². The van der Waals surface area contributed by atoms with E-state index in [4.69, 9.17) is 16.7 Å². The number of carbonyl (C=O) groups is 1. The molecule has 17 heavy (non-hydrogen) atoms. The largest absolute Gasteiger partial charge is 0.481 e. The summed E-state index contributed by atoms with van der Waals surface area (Å²) in [6, 6.07) is 5.72. The van der Waals surface area contributed by atoms with E-state index in [9.17, 15) is 4.79 Å². The molecule has 94 valence electrons. The van der Waals surface area contributed by atoms with Crippen LogP contribution in [-0.2, 0) is 11.2 Å². The minimum absolute atomic E-state index is 0.367. The maximum Gasteiger partial charge on any atom is 0.309 e. The summed E-state index contributed by atoms with van der Waals surface area (Å²) in [5.41, 5.74) is 1.43. The van der Waals surface area contributed by atoms with Crippen molar-refractivity contribution in [3.05, 3.63) is 34.3 Å². The number of hydrogen-bond donors (Lipinski definition) is 1. The van der Waals surface area contributed by atoms with Crippen molar-refractivity contribution in [1.82, 2.24) is 0 Å². The number of aliphatic carboxylic acids is 1. The molecule has 0 saturated carbocycles. The van der Waals surface area contributed by atoms with E-state index in [1.807, 2.05) is 18.2 Å². The first-order valence-corrected chi connectivity index (χ1v) is 6.13. The van der Waals surface area contributed by atoms with Crippen LogP contribution in [0, 0.1) is 5.41 Å². The van der Waals surface area contributed by atoms with Crippen LogP contribution in [-0.4, -0.2) is 11.1 Å². The molecule has 0 fully saturated rings. The molecule has 0 heterocycles. The van der Waals surface area contributed by atoms with Gasteiger partial charge in [-0.15, -0.1) is 0 Å². The van der Waals surface area contributed by atoms with Crippen molar-refractivity contribution in [2.75, 3.05) is 0 Å². The predicted octanol–water partition coefficient (Wildman–Crippen LogP) is 4.12. The Morgan fingerprint density at radius 3 is 2.47 bits per heavy atom. The Hall–Kier alpha value is -1.02. The predicted molar refractivity (Wildman–Crippen MR) is 70.7 cm³/mol. The smallest absolute Gasteiger partial charge is 0.309 e. The topological polar surface area (TPSA) is 37.3 Å². The quantitative estimate of drug-likeness (QED) is 0.878. The van der Waals surface area contributed by atoms with Crippen molar-refractivity contribution in [1.29, 1.82) is 0 Å². The van der Waals surface area contributed by atoms with Crippen molar-refractivity contribution >= 4 is 17.6 Å². The van der Waals surface area contributed by atoms with Crippen LogP contribution < -0.4 is 0 Å². The van der Waals surface area contributed by atoms with Gasteiger partial charge in [-0.1, -0.05) is 31.5 Å². The normalized spacial score (nSPS) is 11.9. The van der Waals surface area contributed by atoms with Gasteiger partial charge in [-0.2, -0.15) is 0 Å². The number of halogens is 1. The third-order valence-electron chi connectivity index (χ3n) is 2.94. The van der Waals surface area contributed by atoms with Crippen LogP contribution >= 0.6 is 11.6 Å². The molecule has 0 aromatic heterocycles. The van der Waals surface area contributed by atoms with E-state index in [0.29, 0.717) is 17.4 Å². The molecular formula is C14H19ClO2. The molecule has 0 aliphatic carbocycles. The average molecular weight is 255 g/mol. The lowest BCUT2D eigenvalue weighted by Gasteiger charge is -2.22. The van der Waals surface area contributed by atoms with Crippen molar-refractivity contribution in [2.24, 2.45) is 5.41 Å². The molecule has 1 rings (SSSR count). The Morgan fingerprint density at radius 2 is 2.00 bits per heavy atom. The zero-order valence-corrected chi connectivity index (χ0v) is 11.5. The van der Waals surface area contributed by atoms with Gasteiger partial charge in [0.2, 0.25) is 0 Å². The highest BCUT2D eigenvalue weighted by Gasteiger charge is 2.28. The molecule has 1 N–H and O–H groups in total. The molecule has 0 bridgehead atoms. The number of carboxylic acid groups (broad SMARTS) is 1. The first-order chi connectivity index (χ1) is 7.74. The fraction of sp³-hybridized carbons (Fsp3) is 0.500. The monoisotopic (exact) mass is 254 g/mol. The summed E-state index contributed by atoms with van der Waals surface area (Å²) in [5.74, 6) is -0.418. The molecule has 0 aliphatic heterocycles. The summed E-state index contributed by atoms with van der Waals surface area (Å²) in [5, 5.41) is 9.83. The summed E-state index contributed by atoms with van der Waals surface area (Å²) in [7, 11) is 0. The van der Waals surface area contributed by atoms with Gasteiger partial charge < -0.3 is 5.11 Å². The lowest BCUT2D eigenvalue weighted by Crippen LogP contribution is -2.26. The molecule has 0 spiro atoms. The minimum atomic E-state index is -0.785. The van der Waals surface area contributed by atoms with Crippen LogP contribution in [0.2, 0.25) is 5.02 Å². The van der Waals surface area contributed by atoms with Crippen LogP contribution in [0.5, 0.6) is 0 Å². The lowest BCUT2D eigenvalue weighted by molar-refractivity contribution is -0.146. The summed E-state index contributed by atoms with van der Waals surface area (Å²) in [6.45, 7) is 7.67. The summed E-state index contributed by atoms with van der Waals surface area (Å²) in [4.78, 5) is 11.2. The molecule has 0 atom stereocenters. The number of benzene rings is 1. The van der Waals surface area contributed by atoms with E-state index < -0.39 is 11.4 Å². The number of hydrogen-bond acceptors (Lipinski definition) is 1. The highest BCUT2D eigenvalue weighted by Crippen LogP contribution is 2.29. The van der Waals surface area contributed by atoms with Gasteiger partial charge in [0.15, 0.2) is 0 Å². The molecule has 2 nitrogen and oxygen atoms in total.